The highest BCUT2D eigenvalue weighted by Gasteiger charge is 2.15. The molecule has 1 amide bonds. The minimum absolute atomic E-state index is 0.124. The smallest absolute Gasteiger partial charge is 0.275 e. The van der Waals surface area contributed by atoms with Crippen molar-refractivity contribution in [3.05, 3.63) is 46.8 Å². The van der Waals surface area contributed by atoms with Crippen LogP contribution in [0.15, 0.2) is 24.7 Å². The van der Waals surface area contributed by atoms with Crippen molar-refractivity contribution in [2.24, 2.45) is 0 Å². The van der Waals surface area contributed by atoms with Gasteiger partial charge in [0.1, 0.15) is 5.82 Å². The molecule has 0 unspecified atom stereocenters. The number of carbonyl (C=O) groups excluding carboxylic acids is 1. The molecule has 0 saturated heterocycles. The van der Waals surface area contributed by atoms with E-state index in [-0.39, 0.29) is 22.5 Å². The molecule has 0 aromatic carbocycles. The summed E-state index contributed by atoms with van der Waals surface area (Å²) in [5.74, 6) is 0.341. The second-order valence-corrected chi connectivity index (χ2v) is 5.19. The molecule has 5 nitrogen and oxygen atoms in total. The van der Waals surface area contributed by atoms with Crippen molar-refractivity contribution >= 4 is 23.2 Å². The molecule has 0 aliphatic heterocycles. The molecule has 0 aliphatic rings. The van der Waals surface area contributed by atoms with E-state index in [4.69, 9.17) is 11.6 Å². The van der Waals surface area contributed by atoms with Crippen molar-refractivity contribution in [2.75, 3.05) is 5.32 Å². The summed E-state index contributed by atoms with van der Waals surface area (Å²) in [5.41, 5.74) is 1.74. The van der Waals surface area contributed by atoms with Crippen LogP contribution in [-0.2, 0) is 0 Å². The van der Waals surface area contributed by atoms with Gasteiger partial charge >= 0.3 is 0 Å². The van der Waals surface area contributed by atoms with Crippen molar-refractivity contribution in [3.8, 4) is 0 Å². The molecule has 2 heterocycles. The van der Waals surface area contributed by atoms with Gasteiger partial charge in [-0.3, -0.25) is 9.78 Å². The molecule has 0 atom stereocenters. The maximum atomic E-state index is 12.2. The molecule has 1 N–H and O–H groups in total. The molecule has 6 heteroatoms. The van der Waals surface area contributed by atoms with Crippen molar-refractivity contribution in [1.82, 2.24) is 15.0 Å². The summed E-state index contributed by atoms with van der Waals surface area (Å²) in [6.07, 6.45) is 4.74. The van der Waals surface area contributed by atoms with Crippen LogP contribution in [0.5, 0.6) is 0 Å². The topological polar surface area (TPSA) is 67.8 Å². The molecule has 0 aliphatic carbocycles. The molecule has 0 radical (unpaired) electrons. The first-order valence-electron chi connectivity index (χ1n) is 6.23. The Morgan fingerprint density at radius 1 is 1.30 bits per heavy atom. The summed E-state index contributed by atoms with van der Waals surface area (Å²) in [5, 5.41) is 2.96. The first-order valence-corrected chi connectivity index (χ1v) is 6.60. The number of rotatable bonds is 3. The standard InChI is InChI=1S/C14H15ClN4O/c1-8(2)13-17-7-11(15)12(19-13)14(20)18-10-4-9(3)5-16-6-10/h4-8H,1-3H3,(H,18,20). The van der Waals surface area contributed by atoms with Crippen LogP contribution in [0.4, 0.5) is 5.69 Å². The molecule has 0 saturated carbocycles. The minimum Gasteiger partial charge on any atom is -0.319 e. The second-order valence-electron chi connectivity index (χ2n) is 4.78. The molecule has 2 rings (SSSR count). The molecule has 2 aromatic heterocycles. The Bertz CT molecular complexity index is 643. The normalized spacial score (nSPS) is 10.7. The summed E-state index contributed by atoms with van der Waals surface area (Å²) in [7, 11) is 0. The van der Waals surface area contributed by atoms with Crippen molar-refractivity contribution < 1.29 is 4.79 Å². The van der Waals surface area contributed by atoms with E-state index in [1.165, 1.54) is 6.20 Å². The van der Waals surface area contributed by atoms with Gasteiger partial charge in [-0.1, -0.05) is 25.4 Å². The van der Waals surface area contributed by atoms with E-state index in [1.54, 1.807) is 12.4 Å². The van der Waals surface area contributed by atoms with E-state index in [2.05, 4.69) is 20.3 Å². The third-order valence-electron chi connectivity index (χ3n) is 2.63. The van der Waals surface area contributed by atoms with Crippen molar-refractivity contribution in [2.45, 2.75) is 26.7 Å². The number of hydrogen-bond donors (Lipinski definition) is 1. The highest BCUT2D eigenvalue weighted by molar-refractivity contribution is 6.33. The SMILES string of the molecule is Cc1cncc(NC(=O)c2nc(C(C)C)ncc2Cl)c1. The van der Waals surface area contributed by atoms with Crippen molar-refractivity contribution in [3.63, 3.8) is 0 Å². The zero-order chi connectivity index (χ0) is 14.7. The van der Waals surface area contributed by atoms with Crippen LogP contribution in [-0.4, -0.2) is 20.9 Å². The lowest BCUT2D eigenvalue weighted by Crippen LogP contribution is -2.16. The molecule has 0 fully saturated rings. The van der Waals surface area contributed by atoms with E-state index in [9.17, 15) is 4.79 Å². The average Bonchev–Trinajstić information content (AvgIpc) is 2.38. The van der Waals surface area contributed by atoms with E-state index < -0.39 is 0 Å². The van der Waals surface area contributed by atoms with Gasteiger partial charge in [0.2, 0.25) is 0 Å². The molecule has 20 heavy (non-hydrogen) atoms. The summed E-state index contributed by atoms with van der Waals surface area (Å²) in [4.78, 5) is 24.5. The van der Waals surface area contributed by atoms with E-state index in [1.807, 2.05) is 26.8 Å². The van der Waals surface area contributed by atoms with Gasteiger partial charge in [-0.15, -0.1) is 0 Å². The van der Waals surface area contributed by atoms with Gasteiger partial charge in [-0.05, 0) is 18.6 Å². The summed E-state index contributed by atoms with van der Waals surface area (Å²) in [6.45, 7) is 5.81. The minimum atomic E-state index is -0.369. The fourth-order valence-electron chi connectivity index (χ4n) is 1.63. The number of anilines is 1. The monoisotopic (exact) mass is 290 g/mol. The summed E-state index contributed by atoms with van der Waals surface area (Å²) in [6, 6.07) is 1.82. The number of aromatic nitrogens is 3. The predicted octanol–water partition coefficient (Wildman–Crippen LogP) is 3.21. The Morgan fingerprint density at radius 2 is 2.05 bits per heavy atom. The number of aryl methyl sites for hydroxylation is 1. The molecule has 0 bridgehead atoms. The third-order valence-corrected chi connectivity index (χ3v) is 2.90. The number of nitrogens with one attached hydrogen (secondary N) is 1. The third kappa shape index (κ3) is 3.30. The highest BCUT2D eigenvalue weighted by atomic mass is 35.5. The van der Waals surface area contributed by atoms with Crippen LogP contribution in [0, 0.1) is 6.92 Å². The van der Waals surface area contributed by atoms with Crippen LogP contribution in [0.25, 0.3) is 0 Å². The number of carbonyl (C=O) groups is 1. The lowest BCUT2D eigenvalue weighted by molar-refractivity contribution is 0.102. The van der Waals surface area contributed by atoms with Crippen LogP contribution in [0.2, 0.25) is 5.02 Å². The number of amides is 1. The first kappa shape index (κ1) is 14.4. The molecule has 0 spiro atoms. The highest BCUT2D eigenvalue weighted by Crippen LogP contribution is 2.18. The maximum Gasteiger partial charge on any atom is 0.275 e. The second kappa shape index (κ2) is 5.96. The predicted molar refractivity (Wildman–Crippen MR) is 78.1 cm³/mol. The lowest BCUT2D eigenvalue weighted by atomic mass is 10.2. The Balaban J connectivity index is 2.27. The maximum absolute atomic E-state index is 12.2. The fraction of sp³-hybridized carbons (Fsp3) is 0.286. The van der Waals surface area contributed by atoms with Gasteiger partial charge in [-0.2, -0.15) is 0 Å². The Morgan fingerprint density at radius 3 is 2.70 bits per heavy atom. The Kier molecular flexibility index (Phi) is 4.29. The first-order chi connectivity index (χ1) is 9.47. The quantitative estimate of drug-likeness (QED) is 0.942. The fourth-order valence-corrected chi connectivity index (χ4v) is 1.81. The summed E-state index contributed by atoms with van der Waals surface area (Å²) < 4.78 is 0. The van der Waals surface area contributed by atoms with Crippen LogP contribution < -0.4 is 5.32 Å². The number of hydrogen-bond acceptors (Lipinski definition) is 4. The lowest BCUT2D eigenvalue weighted by Gasteiger charge is -2.09. The van der Waals surface area contributed by atoms with Gasteiger partial charge in [0.05, 0.1) is 23.1 Å². The number of nitrogens with zero attached hydrogens (tertiary/aromatic N) is 3. The van der Waals surface area contributed by atoms with E-state index in [0.717, 1.165) is 5.56 Å². The van der Waals surface area contributed by atoms with E-state index in [0.29, 0.717) is 11.5 Å². The van der Waals surface area contributed by atoms with Gasteiger partial charge < -0.3 is 5.32 Å². The van der Waals surface area contributed by atoms with Crippen LogP contribution in [0.3, 0.4) is 0 Å². The largest absolute Gasteiger partial charge is 0.319 e. The molecule has 104 valence electrons. The van der Waals surface area contributed by atoms with Gasteiger partial charge in [0, 0.05) is 12.1 Å². The number of pyridine rings is 1. The van der Waals surface area contributed by atoms with Crippen molar-refractivity contribution in [1.29, 1.82) is 0 Å². The Hall–Kier alpha value is -2.01. The zero-order valence-electron chi connectivity index (χ0n) is 11.5. The number of halogens is 1. The summed E-state index contributed by atoms with van der Waals surface area (Å²) >= 11 is 5.99. The van der Waals surface area contributed by atoms with Gasteiger partial charge in [0.15, 0.2) is 5.69 Å². The molecule has 2 aromatic rings. The molecular formula is C14H15ClN4O. The zero-order valence-corrected chi connectivity index (χ0v) is 12.3. The average molecular weight is 291 g/mol. The Labute approximate surface area is 122 Å². The van der Waals surface area contributed by atoms with Gasteiger partial charge in [0.25, 0.3) is 5.91 Å². The molecular weight excluding hydrogens is 276 g/mol. The van der Waals surface area contributed by atoms with Gasteiger partial charge in [-0.25, -0.2) is 9.97 Å². The van der Waals surface area contributed by atoms with Crippen LogP contribution >= 0.6 is 11.6 Å². The van der Waals surface area contributed by atoms with E-state index >= 15 is 0 Å². The van der Waals surface area contributed by atoms with Crippen LogP contribution in [0.1, 0.15) is 41.6 Å².